The maximum atomic E-state index is 13.1. The van der Waals surface area contributed by atoms with Crippen molar-refractivity contribution in [3.05, 3.63) is 33.5 Å². The standard InChI is InChI=1S/C21H26N4O3S2/c1-14-13-30-21(22-14)23-19(27)15-6-9-24(10-7-15)20(28)17-5-2-8-25(17)18(26)12-16-4-3-11-29-16/h3-4,11,13,15,17H,2,5-10,12H2,1H3,(H,22,23,27). The predicted octanol–water partition coefficient (Wildman–Crippen LogP) is 2.92. The van der Waals surface area contributed by atoms with Crippen LogP contribution in [0.3, 0.4) is 0 Å². The third-order valence-corrected chi connectivity index (χ3v) is 7.54. The summed E-state index contributed by atoms with van der Waals surface area (Å²) in [5.74, 6) is -0.0776. The fraction of sp³-hybridized carbons (Fsp3) is 0.524. The van der Waals surface area contributed by atoms with Gasteiger partial charge in [-0.3, -0.25) is 14.4 Å². The number of aryl methyl sites for hydroxylation is 1. The van der Waals surface area contributed by atoms with Crippen LogP contribution in [-0.2, 0) is 20.8 Å². The Bertz CT molecular complexity index is 903. The SMILES string of the molecule is Cc1csc(NC(=O)C2CCN(C(=O)C3CCCN3C(=O)Cc3cccs3)CC2)n1. The van der Waals surface area contributed by atoms with Crippen molar-refractivity contribution >= 4 is 45.5 Å². The molecule has 4 rings (SSSR count). The summed E-state index contributed by atoms with van der Waals surface area (Å²) in [6.07, 6.45) is 3.22. The van der Waals surface area contributed by atoms with Gasteiger partial charge in [-0.15, -0.1) is 22.7 Å². The lowest BCUT2D eigenvalue weighted by molar-refractivity contribution is -0.144. The minimum Gasteiger partial charge on any atom is -0.341 e. The van der Waals surface area contributed by atoms with Gasteiger partial charge in [0.05, 0.1) is 12.1 Å². The summed E-state index contributed by atoms with van der Waals surface area (Å²) >= 11 is 2.99. The zero-order valence-corrected chi connectivity index (χ0v) is 18.6. The molecule has 2 saturated heterocycles. The van der Waals surface area contributed by atoms with Crippen LogP contribution in [0.2, 0.25) is 0 Å². The average Bonchev–Trinajstić information content (AvgIpc) is 3.50. The second-order valence-electron chi connectivity index (χ2n) is 7.88. The first kappa shape index (κ1) is 21.0. The number of nitrogens with zero attached hydrogens (tertiary/aromatic N) is 3. The molecule has 7 nitrogen and oxygen atoms in total. The Kier molecular flexibility index (Phi) is 6.48. The number of carbonyl (C=O) groups excluding carboxylic acids is 3. The summed E-state index contributed by atoms with van der Waals surface area (Å²) < 4.78 is 0. The molecule has 2 aliphatic heterocycles. The van der Waals surface area contributed by atoms with Gasteiger partial charge in [0.1, 0.15) is 6.04 Å². The molecule has 3 amide bonds. The summed E-state index contributed by atoms with van der Waals surface area (Å²) in [7, 11) is 0. The Morgan fingerprint density at radius 1 is 1.17 bits per heavy atom. The van der Waals surface area contributed by atoms with Crippen LogP contribution in [-0.4, -0.2) is 58.2 Å². The largest absolute Gasteiger partial charge is 0.341 e. The van der Waals surface area contributed by atoms with Crippen molar-refractivity contribution in [1.29, 1.82) is 0 Å². The van der Waals surface area contributed by atoms with Crippen molar-refractivity contribution < 1.29 is 14.4 Å². The van der Waals surface area contributed by atoms with Crippen LogP contribution in [0, 0.1) is 12.8 Å². The van der Waals surface area contributed by atoms with E-state index in [0.29, 0.717) is 44.0 Å². The molecule has 160 valence electrons. The first-order valence-electron chi connectivity index (χ1n) is 10.3. The van der Waals surface area contributed by atoms with Crippen LogP contribution in [0.25, 0.3) is 0 Å². The monoisotopic (exact) mass is 446 g/mol. The molecule has 30 heavy (non-hydrogen) atoms. The van der Waals surface area contributed by atoms with Gasteiger partial charge in [-0.1, -0.05) is 6.07 Å². The number of amides is 3. The zero-order chi connectivity index (χ0) is 21.1. The summed E-state index contributed by atoms with van der Waals surface area (Å²) in [4.78, 5) is 47.2. The van der Waals surface area contributed by atoms with Crippen LogP contribution >= 0.6 is 22.7 Å². The number of rotatable bonds is 5. The van der Waals surface area contributed by atoms with Gasteiger partial charge in [-0.25, -0.2) is 4.98 Å². The normalized spacial score (nSPS) is 19.8. The molecule has 0 spiro atoms. The predicted molar refractivity (Wildman–Crippen MR) is 118 cm³/mol. The molecular formula is C21H26N4O3S2. The molecule has 0 bridgehead atoms. The van der Waals surface area contributed by atoms with E-state index in [2.05, 4.69) is 10.3 Å². The smallest absolute Gasteiger partial charge is 0.245 e. The Morgan fingerprint density at radius 3 is 2.63 bits per heavy atom. The Balaban J connectivity index is 1.30. The van der Waals surface area contributed by atoms with Gasteiger partial charge >= 0.3 is 0 Å². The minimum atomic E-state index is -0.360. The van der Waals surface area contributed by atoms with Crippen molar-refractivity contribution in [3.8, 4) is 0 Å². The topological polar surface area (TPSA) is 82.6 Å². The number of anilines is 1. The molecule has 9 heteroatoms. The van der Waals surface area contributed by atoms with Gasteiger partial charge in [0.15, 0.2) is 5.13 Å². The van der Waals surface area contributed by atoms with Crippen LogP contribution in [0.5, 0.6) is 0 Å². The van der Waals surface area contributed by atoms with Gasteiger partial charge in [0.25, 0.3) is 0 Å². The van der Waals surface area contributed by atoms with Crippen molar-refractivity contribution in [1.82, 2.24) is 14.8 Å². The fourth-order valence-electron chi connectivity index (χ4n) is 4.18. The van der Waals surface area contributed by atoms with Gasteiger partial charge < -0.3 is 15.1 Å². The van der Waals surface area contributed by atoms with Gasteiger partial charge in [-0.05, 0) is 44.1 Å². The molecule has 0 saturated carbocycles. The molecule has 1 N–H and O–H groups in total. The van der Waals surface area contributed by atoms with Crippen molar-refractivity contribution in [3.63, 3.8) is 0 Å². The van der Waals surface area contributed by atoms with E-state index in [1.165, 1.54) is 11.3 Å². The molecule has 1 atom stereocenters. The van der Waals surface area contributed by atoms with Crippen molar-refractivity contribution in [2.24, 2.45) is 5.92 Å². The summed E-state index contributed by atoms with van der Waals surface area (Å²) in [6.45, 7) is 3.65. The number of thiazole rings is 1. The Labute approximate surface area is 184 Å². The summed E-state index contributed by atoms with van der Waals surface area (Å²) in [5.41, 5.74) is 0.894. The number of likely N-dealkylation sites (tertiary alicyclic amines) is 2. The first-order chi connectivity index (χ1) is 14.5. The second kappa shape index (κ2) is 9.26. The summed E-state index contributed by atoms with van der Waals surface area (Å²) in [5, 5.41) is 7.38. The van der Waals surface area contributed by atoms with Gasteiger partial charge in [-0.2, -0.15) is 0 Å². The van der Waals surface area contributed by atoms with Crippen LogP contribution in [0.1, 0.15) is 36.3 Å². The van der Waals surface area contributed by atoms with E-state index in [1.807, 2.05) is 34.7 Å². The van der Waals surface area contributed by atoms with E-state index < -0.39 is 0 Å². The third kappa shape index (κ3) is 4.73. The van der Waals surface area contributed by atoms with E-state index >= 15 is 0 Å². The lowest BCUT2D eigenvalue weighted by Gasteiger charge is -2.35. The number of hydrogen-bond acceptors (Lipinski definition) is 6. The van der Waals surface area contributed by atoms with Crippen LogP contribution in [0.15, 0.2) is 22.9 Å². The quantitative estimate of drug-likeness (QED) is 0.766. The van der Waals surface area contributed by atoms with E-state index in [9.17, 15) is 14.4 Å². The van der Waals surface area contributed by atoms with Gasteiger partial charge in [0, 0.05) is 35.8 Å². The van der Waals surface area contributed by atoms with E-state index in [-0.39, 0.29) is 29.7 Å². The van der Waals surface area contributed by atoms with Crippen molar-refractivity contribution in [2.75, 3.05) is 25.0 Å². The lowest BCUT2D eigenvalue weighted by atomic mass is 9.95. The lowest BCUT2D eigenvalue weighted by Crippen LogP contribution is -2.51. The molecular weight excluding hydrogens is 420 g/mol. The highest BCUT2D eigenvalue weighted by atomic mass is 32.1. The van der Waals surface area contributed by atoms with Crippen molar-refractivity contribution in [2.45, 2.75) is 45.1 Å². The molecule has 2 aliphatic rings. The Hall–Kier alpha value is -2.26. The highest BCUT2D eigenvalue weighted by Gasteiger charge is 2.38. The summed E-state index contributed by atoms with van der Waals surface area (Å²) in [6, 6.07) is 3.54. The van der Waals surface area contributed by atoms with E-state index in [0.717, 1.165) is 23.4 Å². The highest BCUT2D eigenvalue weighted by molar-refractivity contribution is 7.13. The molecule has 0 aromatic carbocycles. The van der Waals surface area contributed by atoms with E-state index in [4.69, 9.17) is 0 Å². The second-order valence-corrected chi connectivity index (χ2v) is 9.77. The molecule has 0 aliphatic carbocycles. The molecule has 2 aromatic heterocycles. The third-order valence-electron chi connectivity index (χ3n) is 5.79. The number of nitrogens with one attached hydrogen (secondary N) is 1. The maximum Gasteiger partial charge on any atom is 0.245 e. The molecule has 0 radical (unpaired) electrons. The molecule has 2 aromatic rings. The van der Waals surface area contributed by atoms with E-state index in [1.54, 1.807) is 16.2 Å². The molecule has 4 heterocycles. The first-order valence-corrected chi connectivity index (χ1v) is 12.1. The highest BCUT2D eigenvalue weighted by Crippen LogP contribution is 2.26. The minimum absolute atomic E-state index is 0.0231. The van der Waals surface area contributed by atoms with Crippen LogP contribution in [0.4, 0.5) is 5.13 Å². The number of carbonyl (C=O) groups is 3. The number of piperidine rings is 1. The molecule has 2 fully saturated rings. The number of aromatic nitrogens is 1. The van der Waals surface area contributed by atoms with Gasteiger partial charge in [0.2, 0.25) is 17.7 Å². The fourth-order valence-corrected chi connectivity index (χ4v) is 5.56. The number of thiophene rings is 1. The average molecular weight is 447 g/mol. The molecule has 1 unspecified atom stereocenters. The van der Waals surface area contributed by atoms with Crippen LogP contribution < -0.4 is 5.32 Å². The number of hydrogen-bond donors (Lipinski definition) is 1. The maximum absolute atomic E-state index is 13.1. The zero-order valence-electron chi connectivity index (χ0n) is 17.0. The Morgan fingerprint density at radius 2 is 1.97 bits per heavy atom.